The van der Waals surface area contributed by atoms with Gasteiger partial charge in [-0.1, -0.05) is 115 Å². The van der Waals surface area contributed by atoms with Crippen molar-refractivity contribution >= 4 is 11.6 Å². The average Bonchev–Trinajstić information content (AvgIpc) is 3.24. The van der Waals surface area contributed by atoms with Gasteiger partial charge in [-0.25, -0.2) is 0 Å². The van der Waals surface area contributed by atoms with E-state index in [0.29, 0.717) is 35.6 Å². The Morgan fingerprint density at radius 1 is 0.667 bits per heavy atom. The summed E-state index contributed by atoms with van der Waals surface area (Å²) in [7, 11) is 0. The van der Waals surface area contributed by atoms with Crippen molar-refractivity contribution in [1.82, 2.24) is 9.90 Å². The number of hydrogen-bond donors (Lipinski definition) is 0. The van der Waals surface area contributed by atoms with E-state index in [9.17, 15) is 9.59 Å². The molecule has 36 heavy (non-hydrogen) atoms. The Labute approximate surface area is 224 Å². The van der Waals surface area contributed by atoms with Gasteiger partial charge < -0.3 is 12.4 Å². The van der Waals surface area contributed by atoms with Crippen molar-refractivity contribution in [3.63, 3.8) is 0 Å². The molecule has 1 heterocycles. The lowest BCUT2D eigenvalue weighted by Gasteiger charge is -2.11. The predicted octanol–water partition coefficient (Wildman–Crippen LogP) is 4.23. The van der Waals surface area contributed by atoms with E-state index in [1.165, 1.54) is 77.0 Å². The van der Waals surface area contributed by atoms with Gasteiger partial charge in [-0.15, -0.1) is 9.36 Å². The second-order valence-corrected chi connectivity index (χ2v) is 10.2. The van der Waals surface area contributed by atoms with Gasteiger partial charge in [-0.2, -0.15) is 0 Å². The number of fused-ring (bicyclic) bond motifs is 2. The largest absolute Gasteiger partial charge is 1.00 e. The second kappa shape index (κ2) is 16.7. The molecule has 200 valence electrons. The minimum atomic E-state index is -0.0584. The lowest BCUT2D eigenvalue weighted by Crippen LogP contribution is -3.00. The molecule has 3 rings (SSSR count). The normalized spacial score (nSPS) is 12.4. The van der Waals surface area contributed by atoms with Crippen molar-refractivity contribution in [1.29, 1.82) is 0 Å². The van der Waals surface area contributed by atoms with Crippen LogP contribution in [0.5, 0.6) is 0 Å². The second-order valence-electron chi connectivity index (χ2n) is 10.2. The Balaban J connectivity index is 0.00000456. The Kier molecular flexibility index (Phi) is 14.0. The Hall–Kier alpha value is -2.01. The average molecular weight is 516 g/mol. The van der Waals surface area contributed by atoms with E-state index >= 15 is 0 Å². The van der Waals surface area contributed by atoms with Crippen molar-refractivity contribution in [2.75, 3.05) is 0 Å². The van der Waals surface area contributed by atoms with Crippen LogP contribution in [-0.2, 0) is 13.1 Å². The summed E-state index contributed by atoms with van der Waals surface area (Å²) < 4.78 is 3.65. The van der Waals surface area contributed by atoms with Gasteiger partial charge in [0.15, 0.2) is 0 Å². The molecule has 1 aliphatic rings. The van der Waals surface area contributed by atoms with Gasteiger partial charge in [0.1, 0.15) is 13.1 Å². The molecule has 0 saturated heterocycles. The number of carbonyl (C=O) groups excluding carboxylic acids is 2. The monoisotopic (exact) mass is 515 g/mol. The first-order valence-corrected chi connectivity index (χ1v) is 14.4. The molecule has 0 N–H and O–H groups in total. The fraction of sp³-hybridized carbons (Fsp3) is 0.667. The fourth-order valence-electron chi connectivity index (χ4n) is 5.15. The van der Waals surface area contributed by atoms with Crippen LogP contribution in [0, 0.1) is 0 Å². The topological polar surface area (TPSA) is 55.8 Å². The van der Waals surface area contributed by atoms with Crippen LogP contribution in [0.3, 0.4) is 0 Å². The van der Waals surface area contributed by atoms with Crippen LogP contribution in [-0.4, -0.2) is 21.5 Å². The number of hydrogen-bond acceptors (Lipinski definition) is 3. The number of ketones is 2. The minimum absolute atomic E-state index is 0. The van der Waals surface area contributed by atoms with Gasteiger partial charge in [0.2, 0.25) is 23.0 Å². The van der Waals surface area contributed by atoms with Crippen LogP contribution < -0.4 is 17.1 Å². The van der Waals surface area contributed by atoms with E-state index in [2.05, 4.69) is 13.8 Å². The van der Waals surface area contributed by atoms with Gasteiger partial charge in [0.25, 0.3) is 0 Å². The molecule has 2 aromatic rings. The highest BCUT2D eigenvalue weighted by Crippen LogP contribution is 2.25. The maximum atomic E-state index is 13.4. The summed E-state index contributed by atoms with van der Waals surface area (Å²) in [6.07, 6.45) is 19.8. The van der Waals surface area contributed by atoms with Crippen molar-refractivity contribution in [2.45, 2.75) is 130 Å². The zero-order chi connectivity index (χ0) is 24.9. The molecule has 0 atom stereocenters. The van der Waals surface area contributed by atoms with E-state index in [0.717, 1.165) is 25.7 Å². The molecule has 6 heteroatoms. The zero-order valence-corrected chi connectivity index (χ0v) is 23.3. The zero-order valence-electron chi connectivity index (χ0n) is 22.6. The van der Waals surface area contributed by atoms with Crippen molar-refractivity contribution < 1.29 is 26.7 Å². The first kappa shape index (κ1) is 30.2. The van der Waals surface area contributed by atoms with Gasteiger partial charge in [0.05, 0.1) is 5.21 Å². The van der Waals surface area contributed by atoms with Crippen LogP contribution >= 0.6 is 0 Å². The van der Waals surface area contributed by atoms with Crippen molar-refractivity contribution in [2.24, 2.45) is 0 Å². The number of aromatic nitrogens is 3. The summed E-state index contributed by atoms with van der Waals surface area (Å²) in [5, 5.41) is 4.78. The standard InChI is InChI=1S/C30H46N3O2.ClH/c1-3-5-7-9-11-13-15-19-23-32-27-28(30(35)26-22-18-17-21-25(26)29(27)34)33(31-32)24-20-16-14-12-10-8-6-4-2;/h17-18,21-22H,3-16,19-20,23-24H2,1-2H3;1H/q+1;/p-1. The van der Waals surface area contributed by atoms with Crippen LogP contribution in [0.15, 0.2) is 24.3 Å². The molecule has 0 saturated carbocycles. The molecule has 1 aromatic heterocycles. The van der Waals surface area contributed by atoms with Gasteiger partial charge >= 0.3 is 0 Å². The highest BCUT2D eigenvalue weighted by atomic mass is 35.5. The van der Waals surface area contributed by atoms with Gasteiger partial charge in [0, 0.05) is 11.1 Å². The summed E-state index contributed by atoms with van der Waals surface area (Å²) in [4.78, 5) is 26.8. The van der Waals surface area contributed by atoms with E-state index in [1.54, 1.807) is 12.1 Å². The lowest BCUT2D eigenvalue weighted by atomic mass is 9.90. The van der Waals surface area contributed by atoms with Crippen LogP contribution in [0.25, 0.3) is 0 Å². The summed E-state index contributed by atoms with van der Waals surface area (Å²) in [5.74, 6) is -0.117. The Bertz CT molecular complexity index is 880. The Morgan fingerprint density at radius 3 is 1.69 bits per heavy atom. The van der Waals surface area contributed by atoms with E-state index in [-0.39, 0.29) is 24.0 Å². The molecule has 0 unspecified atom stereocenters. The maximum Gasteiger partial charge on any atom is 0.249 e. The molecule has 1 aromatic carbocycles. The lowest BCUT2D eigenvalue weighted by molar-refractivity contribution is -0.757. The minimum Gasteiger partial charge on any atom is -1.00 e. The highest BCUT2D eigenvalue weighted by molar-refractivity contribution is 6.26. The van der Waals surface area contributed by atoms with Crippen LogP contribution in [0.2, 0.25) is 0 Å². The number of benzene rings is 1. The Morgan fingerprint density at radius 2 is 1.14 bits per heavy atom. The number of aryl methyl sites for hydroxylation is 2. The molecule has 0 fully saturated rings. The van der Waals surface area contributed by atoms with Crippen molar-refractivity contribution in [3.8, 4) is 0 Å². The smallest absolute Gasteiger partial charge is 0.249 e. The number of halogens is 1. The molecular weight excluding hydrogens is 470 g/mol. The molecule has 0 radical (unpaired) electrons. The molecular formula is C30H46ClN3O2. The maximum absolute atomic E-state index is 13.4. The van der Waals surface area contributed by atoms with Gasteiger partial charge in [-0.3, -0.25) is 9.59 Å². The number of carbonyl (C=O) groups is 2. The third-order valence-corrected chi connectivity index (χ3v) is 7.25. The van der Waals surface area contributed by atoms with E-state index < -0.39 is 0 Å². The first-order chi connectivity index (χ1) is 17.2. The molecule has 0 amide bonds. The molecule has 5 nitrogen and oxygen atoms in total. The SMILES string of the molecule is CCCCCCCCCCn1n[n+](CCCCCCCCCC)c2c1C(=O)c1ccccc1C2=O.[Cl-]. The summed E-state index contributed by atoms with van der Waals surface area (Å²) in [5.41, 5.74) is 2.02. The van der Waals surface area contributed by atoms with Crippen molar-refractivity contribution in [3.05, 3.63) is 46.8 Å². The summed E-state index contributed by atoms with van der Waals surface area (Å²) in [6.45, 7) is 5.89. The number of unbranched alkanes of at least 4 members (excludes halogenated alkanes) is 14. The first-order valence-electron chi connectivity index (χ1n) is 14.4. The molecule has 0 spiro atoms. The third-order valence-electron chi connectivity index (χ3n) is 7.25. The van der Waals surface area contributed by atoms with E-state index in [4.69, 9.17) is 5.21 Å². The van der Waals surface area contributed by atoms with E-state index in [1.807, 2.05) is 21.5 Å². The highest BCUT2D eigenvalue weighted by Gasteiger charge is 2.42. The van der Waals surface area contributed by atoms with Gasteiger partial charge in [-0.05, 0) is 25.7 Å². The van der Waals surface area contributed by atoms with Crippen LogP contribution in [0.1, 0.15) is 149 Å². The predicted molar refractivity (Wildman–Crippen MR) is 141 cm³/mol. The third kappa shape index (κ3) is 8.26. The number of rotatable bonds is 18. The quantitative estimate of drug-likeness (QED) is 0.188. The summed E-state index contributed by atoms with van der Waals surface area (Å²) in [6, 6.07) is 7.22. The summed E-state index contributed by atoms with van der Waals surface area (Å²) >= 11 is 0. The number of nitrogens with zero attached hydrogens (tertiary/aromatic N) is 3. The van der Waals surface area contributed by atoms with Crippen LogP contribution in [0.4, 0.5) is 0 Å². The molecule has 1 aliphatic carbocycles. The molecule has 0 bridgehead atoms. The fourth-order valence-corrected chi connectivity index (χ4v) is 5.15. The molecule has 0 aliphatic heterocycles.